The lowest BCUT2D eigenvalue weighted by Crippen LogP contribution is -2.24. The van der Waals surface area contributed by atoms with E-state index in [9.17, 15) is 9.13 Å². The molecule has 9 heteroatoms. The van der Waals surface area contributed by atoms with E-state index in [-0.39, 0.29) is 17.8 Å². The van der Waals surface area contributed by atoms with Crippen molar-refractivity contribution in [1.82, 2.24) is 0 Å². The molecule has 0 radical (unpaired) electrons. The van der Waals surface area contributed by atoms with E-state index >= 15 is 0 Å². The SMILES string of the molecule is B[C@@H]1O[C@H](/C=C/P(=O)(O)O)C[C@H]1OP(C)(=O)C(C)C. The molecule has 1 unspecified atom stereocenters. The van der Waals surface area contributed by atoms with Crippen molar-refractivity contribution in [3.63, 3.8) is 0 Å². The molecule has 0 saturated carbocycles. The Morgan fingerprint density at radius 1 is 1.42 bits per heavy atom. The number of ether oxygens (including phenoxy) is 1. The molecule has 1 heterocycles. The molecule has 110 valence electrons. The Morgan fingerprint density at radius 2 is 2.00 bits per heavy atom. The first kappa shape index (κ1) is 17.2. The smallest absolute Gasteiger partial charge is 0.348 e. The van der Waals surface area contributed by atoms with Crippen molar-refractivity contribution >= 4 is 22.8 Å². The standard InChI is InChI=1S/C10H21BO6P2/c1-7(2)18(3,12)17-9-6-8(16-10(9)11)4-5-19(13,14)15/h4-5,7-10H,6,11H2,1-3H3,(H2,13,14,15)/b5-4+/t8-,9-,10-,18?/m1/s1. The average molecular weight is 310 g/mol. The van der Waals surface area contributed by atoms with Gasteiger partial charge in [-0.2, -0.15) is 0 Å². The molecule has 19 heavy (non-hydrogen) atoms. The quantitative estimate of drug-likeness (QED) is 0.584. The fourth-order valence-electron chi connectivity index (χ4n) is 1.69. The predicted octanol–water partition coefficient (Wildman–Crippen LogP) is 1.13. The second kappa shape index (κ2) is 6.25. The van der Waals surface area contributed by atoms with Gasteiger partial charge in [-0.3, -0.25) is 9.13 Å². The van der Waals surface area contributed by atoms with E-state index < -0.39 is 21.1 Å². The summed E-state index contributed by atoms with van der Waals surface area (Å²) in [5, 5.41) is 0. The van der Waals surface area contributed by atoms with Gasteiger partial charge < -0.3 is 19.0 Å². The zero-order chi connectivity index (χ0) is 14.8. The molecular weight excluding hydrogens is 289 g/mol. The third-order valence-electron chi connectivity index (χ3n) is 3.16. The van der Waals surface area contributed by atoms with Gasteiger partial charge in [-0.25, -0.2) is 0 Å². The van der Waals surface area contributed by atoms with Gasteiger partial charge in [-0.1, -0.05) is 13.8 Å². The largest absolute Gasteiger partial charge is 0.377 e. The van der Waals surface area contributed by atoms with Crippen LogP contribution in [0.2, 0.25) is 0 Å². The molecule has 0 amide bonds. The van der Waals surface area contributed by atoms with Crippen molar-refractivity contribution < 1.29 is 28.2 Å². The van der Waals surface area contributed by atoms with E-state index in [2.05, 4.69) is 0 Å². The first-order valence-corrected chi connectivity index (χ1v) is 9.99. The fraction of sp³-hybridized carbons (Fsp3) is 0.800. The maximum atomic E-state index is 12.2. The maximum absolute atomic E-state index is 12.2. The van der Waals surface area contributed by atoms with Crippen molar-refractivity contribution in [2.24, 2.45) is 0 Å². The minimum absolute atomic E-state index is 0.0654. The summed E-state index contributed by atoms with van der Waals surface area (Å²) in [5.74, 6) is 0.834. The Hall–Kier alpha value is 0.105. The molecular formula is C10H21BO6P2. The minimum atomic E-state index is -4.17. The summed E-state index contributed by atoms with van der Waals surface area (Å²) in [6.45, 7) is 5.28. The van der Waals surface area contributed by atoms with E-state index in [1.807, 2.05) is 13.8 Å². The number of hydrogen-bond acceptors (Lipinski definition) is 4. The fourth-order valence-corrected chi connectivity index (χ4v) is 3.15. The molecule has 1 saturated heterocycles. The number of rotatable bonds is 5. The first-order valence-electron chi connectivity index (χ1n) is 6.17. The van der Waals surface area contributed by atoms with Crippen LogP contribution in [0, 0.1) is 0 Å². The molecule has 2 N–H and O–H groups in total. The van der Waals surface area contributed by atoms with Gasteiger partial charge in [0.2, 0.25) is 7.37 Å². The highest BCUT2D eigenvalue weighted by Crippen LogP contribution is 2.50. The van der Waals surface area contributed by atoms with Gasteiger partial charge in [0.15, 0.2) is 0 Å². The molecule has 6 nitrogen and oxygen atoms in total. The summed E-state index contributed by atoms with van der Waals surface area (Å²) in [6, 6.07) is -0.251. The van der Waals surface area contributed by atoms with E-state index in [0.29, 0.717) is 6.42 Å². The van der Waals surface area contributed by atoms with Crippen LogP contribution in [0.15, 0.2) is 11.9 Å². The molecule has 0 bridgehead atoms. The second-order valence-corrected chi connectivity index (χ2v) is 9.73. The molecule has 0 aromatic carbocycles. The van der Waals surface area contributed by atoms with Crippen molar-refractivity contribution in [1.29, 1.82) is 0 Å². The van der Waals surface area contributed by atoms with Gasteiger partial charge in [0.1, 0.15) is 7.85 Å². The Bertz CT molecular complexity index is 432. The van der Waals surface area contributed by atoms with Crippen LogP contribution in [-0.4, -0.2) is 48.2 Å². The Labute approximate surface area is 114 Å². The summed E-state index contributed by atoms with van der Waals surface area (Å²) in [5.41, 5.74) is -0.0654. The predicted molar refractivity (Wildman–Crippen MR) is 76.5 cm³/mol. The summed E-state index contributed by atoms with van der Waals surface area (Å²) in [4.78, 5) is 17.5. The molecule has 0 aliphatic carbocycles. The topological polar surface area (TPSA) is 93.1 Å². The van der Waals surface area contributed by atoms with Gasteiger partial charge in [0.05, 0.1) is 18.2 Å². The zero-order valence-corrected chi connectivity index (χ0v) is 13.4. The van der Waals surface area contributed by atoms with Crippen molar-refractivity contribution in [2.45, 2.75) is 44.1 Å². The van der Waals surface area contributed by atoms with Crippen molar-refractivity contribution in [2.75, 3.05) is 6.66 Å². The third kappa shape index (κ3) is 5.54. The second-order valence-electron chi connectivity index (χ2n) is 5.19. The van der Waals surface area contributed by atoms with Gasteiger partial charge >= 0.3 is 7.60 Å². The summed E-state index contributed by atoms with van der Waals surface area (Å²) in [7, 11) is -5.06. The first-order chi connectivity index (χ1) is 8.51. The monoisotopic (exact) mass is 310 g/mol. The van der Waals surface area contributed by atoms with Gasteiger partial charge in [0, 0.05) is 24.6 Å². The normalized spacial score (nSPS) is 32.0. The highest BCUT2D eigenvalue weighted by molar-refractivity contribution is 7.58. The minimum Gasteiger partial charge on any atom is -0.377 e. The number of hydrogen-bond donors (Lipinski definition) is 2. The molecule has 1 aliphatic rings. The molecule has 1 fully saturated rings. The summed E-state index contributed by atoms with van der Waals surface area (Å²) >= 11 is 0. The van der Waals surface area contributed by atoms with Crippen LogP contribution in [0.3, 0.4) is 0 Å². The highest BCUT2D eigenvalue weighted by atomic mass is 31.2. The molecule has 1 aliphatic heterocycles. The van der Waals surface area contributed by atoms with Crippen LogP contribution in [0.1, 0.15) is 20.3 Å². The maximum Gasteiger partial charge on any atom is 0.348 e. The van der Waals surface area contributed by atoms with Crippen LogP contribution in [0.4, 0.5) is 0 Å². The van der Waals surface area contributed by atoms with E-state index in [1.54, 1.807) is 14.5 Å². The highest BCUT2D eigenvalue weighted by Gasteiger charge is 2.36. The van der Waals surface area contributed by atoms with Gasteiger partial charge in [-0.15, -0.1) is 0 Å². The third-order valence-corrected chi connectivity index (χ3v) is 6.28. The van der Waals surface area contributed by atoms with E-state index in [1.165, 1.54) is 6.08 Å². The van der Waals surface area contributed by atoms with Crippen LogP contribution in [-0.2, 0) is 18.4 Å². The van der Waals surface area contributed by atoms with Crippen LogP contribution in [0.5, 0.6) is 0 Å². The van der Waals surface area contributed by atoms with Gasteiger partial charge in [-0.05, 0) is 6.08 Å². The van der Waals surface area contributed by atoms with E-state index in [4.69, 9.17) is 19.0 Å². The lowest BCUT2D eigenvalue weighted by Gasteiger charge is -2.23. The Morgan fingerprint density at radius 3 is 2.47 bits per heavy atom. The lowest BCUT2D eigenvalue weighted by molar-refractivity contribution is 0.0870. The molecule has 0 aromatic heterocycles. The molecule has 4 atom stereocenters. The van der Waals surface area contributed by atoms with Crippen molar-refractivity contribution in [3.05, 3.63) is 11.9 Å². The van der Waals surface area contributed by atoms with Gasteiger partial charge in [0.25, 0.3) is 0 Å². The molecule has 0 aromatic rings. The summed E-state index contributed by atoms with van der Waals surface area (Å²) in [6.07, 6.45) is 1.06. The molecule has 1 rings (SSSR count). The van der Waals surface area contributed by atoms with Crippen LogP contribution < -0.4 is 0 Å². The lowest BCUT2D eigenvalue weighted by atomic mass is 9.94. The Kier molecular flexibility index (Phi) is 5.65. The van der Waals surface area contributed by atoms with Crippen LogP contribution in [0.25, 0.3) is 0 Å². The van der Waals surface area contributed by atoms with Crippen molar-refractivity contribution in [3.8, 4) is 0 Å². The average Bonchev–Trinajstić information content (AvgIpc) is 2.55. The molecule has 0 spiro atoms. The van der Waals surface area contributed by atoms with E-state index in [0.717, 1.165) is 5.82 Å². The Balaban J connectivity index is 2.64. The summed E-state index contributed by atoms with van der Waals surface area (Å²) < 4.78 is 34.1. The van der Waals surface area contributed by atoms with Crippen LogP contribution >= 0.6 is 15.0 Å². The zero-order valence-electron chi connectivity index (χ0n) is 11.6.